The minimum absolute atomic E-state index is 0.267. The Kier molecular flexibility index (Phi) is 4.54. The van der Waals surface area contributed by atoms with E-state index in [9.17, 15) is 0 Å². The first-order chi connectivity index (χ1) is 8.49. The van der Waals surface area contributed by atoms with E-state index >= 15 is 0 Å². The first-order valence-electron chi connectivity index (χ1n) is 6.43. The molecule has 0 bridgehead atoms. The predicted octanol–water partition coefficient (Wildman–Crippen LogP) is 3.72. The summed E-state index contributed by atoms with van der Waals surface area (Å²) in [5.74, 6) is 0.596. The van der Waals surface area contributed by atoms with Crippen LogP contribution in [-0.4, -0.2) is 24.0 Å². The zero-order valence-electron chi connectivity index (χ0n) is 10.9. The third kappa shape index (κ3) is 3.00. The molecular formula is C14H20Cl2N2. The molecule has 1 aromatic carbocycles. The molecule has 18 heavy (non-hydrogen) atoms. The molecule has 2 rings (SSSR count). The van der Waals surface area contributed by atoms with Crippen molar-refractivity contribution in [2.45, 2.75) is 32.4 Å². The van der Waals surface area contributed by atoms with E-state index in [1.807, 2.05) is 18.2 Å². The molecule has 1 aliphatic rings. The van der Waals surface area contributed by atoms with E-state index in [4.69, 9.17) is 28.9 Å². The molecular weight excluding hydrogens is 267 g/mol. The SMILES string of the molecule is CC(N)C1CCN(C(C)c2ccc(Cl)cc2Cl)C1. The lowest BCUT2D eigenvalue weighted by Crippen LogP contribution is -2.31. The molecule has 0 aliphatic carbocycles. The number of hydrogen-bond donors (Lipinski definition) is 1. The molecule has 4 heteroatoms. The van der Waals surface area contributed by atoms with Crippen molar-refractivity contribution in [1.82, 2.24) is 4.90 Å². The highest BCUT2D eigenvalue weighted by molar-refractivity contribution is 6.35. The van der Waals surface area contributed by atoms with Gasteiger partial charge in [0.05, 0.1) is 0 Å². The van der Waals surface area contributed by atoms with Crippen molar-refractivity contribution in [3.05, 3.63) is 33.8 Å². The summed E-state index contributed by atoms with van der Waals surface area (Å²) in [4.78, 5) is 2.45. The van der Waals surface area contributed by atoms with Crippen LogP contribution >= 0.6 is 23.2 Å². The third-order valence-corrected chi connectivity index (χ3v) is 4.52. The maximum Gasteiger partial charge on any atom is 0.0468 e. The van der Waals surface area contributed by atoms with Crippen LogP contribution in [-0.2, 0) is 0 Å². The Hall–Kier alpha value is -0.280. The summed E-state index contributed by atoms with van der Waals surface area (Å²) in [6, 6.07) is 6.32. The summed E-state index contributed by atoms with van der Waals surface area (Å²) in [7, 11) is 0. The molecule has 1 aliphatic heterocycles. The van der Waals surface area contributed by atoms with Gasteiger partial charge in [0, 0.05) is 28.7 Å². The summed E-state index contributed by atoms with van der Waals surface area (Å²) in [6.07, 6.45) is 1.17. The minimum Gasteiger partial charge on any atom is -0.328 e. The lowest BCUT2D eigenvalue weighted by atomic mass is 10.0. The number of nitrogens with zero attached hydrogens (tertiary/aromatic N) is 1. The first-order valence-corrected chi connectivity index (χ1v) is 7.19. The fraction of sp³-hybridized carbons (Fsp3) is 0.571. The fourth-order valence-corrected chi connectivity index (χ4v) is 3.20. The van der Waals surface area contributed by atoms with Gasteiger partial charge < -0.3 is 5.73 Å². The van der Waals surface area contributed by atoms with Gasteiger partial charge in [0.15, 0.2) is 0 Å². The van der Waals surface area contributed by atoms with Crippen molar-refractivity contribution in [3.63, 3.8) is 0 Å². The lowest BCUT2D eigenvalue weighted by molar-refractivity contribution is 0.248. The van der Waals surface area contributed by atoms with Gasteiger partial charge >= 0.3 is 0 Å². The van der Waals surface area contributed by atoms with Crippen LogP contribution in [0, 0.1) is 5.92 Å². The van der Waals surface area contributed by atoms with Crippen molar-refractivity contribution < 1.29 is 0 Å². The van der Waals surface area contributed by atoms with Crippen LogP contribution < -0.4 is 5.73 Å². The van der Waals surface area contributed by atoms with Crippen LogP contribution in [0.1, 0.15) is 31.9 Å². The van der Waals surface area contributed by atoms with Gasteiger partial charge in [0.1, 0.15) is 0 Å². The van der Waals surface area contributed by atoms with E-state index in [1.165, 1.54) is 6.42 Å². The highest BCUT2D eigenvalue weighted by Crippen LogP contribution is 2.33. The van der Waals surface area contributed by atoms with Gasteiger partial charge in [-0.25, -0.2) is 0 Å². The second-order valence-electron chi connectivity index (χ2n) is 5.24. The number of rotatable bonds is 3. The molecule has 1 aromatic rings. The molecule has 0 spiro atoms. The molecule has 0 saturated carbocycles. The largest absolute Gasteiger partial charge is 0.328 e. The highest BCUT2D eigenvalue weighted by Gasteiger charge is 2.29. The van der Waals surface area contributed by atoms with E-state index in [2.05, 4.69) is 18.7 Å². The average molecular weight is 287 g/mol. The first kappa shape index (κ1) is 14.1. The van der Waals surface area contributed by atoms with Crippen LogP contribution in [0.3, 0.4) is 0 Å². The summed E-state index contributed by atoms with van der Waals surface area (Å²) in [5, 5.41) is 1.44. The summed E-state index contributed by atoms with van der Waals surface area (Å²) in [6.45, 7) is 6.43. The topological polar surface area (TPSA) is 29.3 Å². The van der Waals surface area contributed by atoms with Gasteiger partial charge in [-0.15, -0.1) is 0 Å². The molecule has 100 valence electrons. The Morgan fingerprint density at radius 1 is 1.33 bits per heavy atom. The summed E-state index contributed by atoms with van der Waals surface area (Å²) in [5.41, 5.74) is 7.12. The average Bonchev–Trinajstić information content (AvgIpc) is 2.77. The maximum atomic E-state index is 6.27. The van der Waals surface area contributed by atoms with Crippen molar-refractivity contribution >= 4 is 23.2 Å². The number of nitrogens with two attached hydrogens (primary N) is 1. The molecule has 2 N–H and O–H groups in total. The smallest absolute Gasteiger partial charge is 0.0468 e. The van der Waals surface area contributed by atoms with Crippen LogP contribution in [0.2, 0.25) is 10.0 Å². The minimum atomic E-state index is 0.267. The standard InChI is InChI=1S/C14H20Cl2N2/c1-9(17)11-5-6-18(8-11)10(2)13-4-3-12(15)7-14(13)16/h3-4,7,9-11H,5-6,8,17H2,1-2H3. The number of benzene rings is 1. The number of likely N-dealkylation sites (tertiary alicyclic amines) is 1. The normalized spacial score (nSPS) is 24.2. The zero-order valence-corrected chi connectivity index (χ0v) is 12.4. The van der Waals surface area contributed by atoms with E-state index in [0.29, 0.717) is 17.0 Å². The summed E-state index contributed by atoms with van der Waals surface area (Å²) >= 11 is 12.2. The van der Waals surface area contributed by atoms with Gasteiger partial charge in [-0.1, -0.05) is 29.3 Å². The van der Waals surface area contributed by atoms with E-state index in [1.54, 1.807) is 0 Å². The van der Waals surface area contributed by atoms with Gasteiger partial charge in [-0.3, -0.25) is 4.90 Å². The van der Waals surface area contributed by atoms with Crippen molar-refractivity contribution in [2.75, 3.05) is 13.1 Å². The molecule has 2 nitrogen and oxygen atoms in total. The fourth-order valence-electron chi connectivity index (χ4n) is 2.63. The molecule has 3 unspecified atom stereocenters. The van der Waals surface area contributed by atoms with E-state index in [-0.39, 0.29) is 6.04 Å². The molecule has 3 atom stereocenters. The second kappa shape index (κ2) is 5.79. The molecule has 0 radical (unpaired) electrons. The monoisotopic (exact) mass is 286 g/mol. The Labute approximate surface area is 119 Å². The Morgan fingerprint density at radius 3 is 2.61 bits per heavy atom. The maximum absolute atomic E-state index is 6.27. The third-order valence-electron chi connectivity index (χ3n) is 3.96. The van der Waals surface area contributed by atoms with Gasteiger partial charge in [-0.05, 0) is 50.4 Å². The van der Waals surface area contributed by atoms with Crippen molar-refractivity contribution in [3.8, 4) is 0 Å². The second-order valence-corrected chi connectivity index (χ2v) is 6.09. The Morgan fingerprint density at radius 2 is 2.06 bits per heavy atom. The molecule has 0 aromatic heterocycles. The number of hydrogen-bond acceptors (Lipinski definition) is 2. The molecule has 0 amide bonds. The van der Waals surface area contributed by atoms with E-state index in [0.717, 1.165) is 23.7 Å². The quantitative estimate of drug-likeness (QED) is 0.918. The van der Waals surface area contributed by atoms with Gasteiger partial charge in [-0.2, -0.15) is 0 Å². The van der Waals surface area contributed by atoms with Gasteiger partial charge in [0.2, 0.25) is 0 Å². The van der Waals surface area contributed by atoms with E-state index < -0.39 is 0 Å². The van der Waals surface area contributed by atoms with Crippen LogP contribution in [0.5, 0.6) is 0 Å². The zero-order chi connectivity index (χ0) is 13.3. The van der Waals surface area contributed by atoms with Crippen LogP contribution in [0.25, 0.3) is 0 Å². The van der Waals surface area contributed by atoms with Crippen molar-refractivity contribution in [1.29, 1.82) is 0 Å². The summed E-state index contributed by atoms with van der Waals surface area (Å²) < 4.78 is 0. The molecule has 1 fully saturated rings. The predicted molar refractivity (Wildman–Crippen MR) is 78.2 cm³/mol. The molecule has 1 heterocycles. The van der Waals surface area contributed by atoms with Crippen LogP contribution in [0.4, 0.5) is 0 Å². The lowest BCUT2D eigenvalue weighted by Gasteiger charge is -2.26. The van der Waals surface area contributed by atoms with Gasteiger partial charge in [0.25, 0.3) is 0 Å². The highest BCUT2D eigenvalue weighted by atomic mass is 35.5. The Balaban J connectivity index is 2.10. The number of halogens is 2. The van der Waals surface area contributed by atoms with Crippen molar-refractivity contribution in [2.24, 2.45) is 11.7 Å². The van der Waals surface area contributed by atoms with Crippen LogP contribution in [0.15, 0.2) is 18.2 Å². The Bertz CT molecular complexity index is 420. The molecule has 1 saturated heterocycles.